The molecule has 18 heavy (non-hydrogen) atoms. The van der Waals surface area contributed by atoms with E-state index in [2.05, 4.69) is 10.2 Å². The van der Waals surface area contributed by atoms with E-state index in [0.29, 0.717) is 6.10 Å². The minimum atomic E-state index is 0.534. The summed E-state index contributed by atoms with van der Waals surface area (Å²) in [6.07, 6.45) is 11.4. The van der Waals surface area contributed by atoms with Gasteiger partial charge in [-0.2, -0.15) is 0 Å². The maximum atomic E-state index is 5.50. The maximum absolute atomic E-state index is 5.50. The van der Waals surface area contributed by atoms with Crippen molar-refractivity contribution in [3.63, 3.8) is 0 Å². The number of hydrogen-bond acceptors (Lipinski definition) is 3. The van der Waals surface area contributed by atoms with Crippen LogP contribution in [0.3, 0.4) is 0 Å². The first-order chi connectivity index (χ1) is 8.88. The van der Waals surface area contributed by atoms with Crippen molar-refractivity contribution in [1.29, 1.82) is 0 Å². The quantitative estimate of drug-likeness (QED) is 0.833. The first kappa shape index (κ1) is 12.9. The van der Waals surface area contributed by atoms with Crippen molar-refractivity contribution >= 4 is 0 Å². The highest BCUT2D eigenvalue weighted by Gasteiger charge is 2.37. The Labute approximate surface area is 111 Å². The van der Waals surface area contributed by atoms with Crippen molar-refractivity contribution in [3.05, 3.63) is 0 Å². The Morgan fingerprint density at radius 3 is 2.50 bits per heavy atom. The Morgan fingerprint density at radius 1 is 1.00 bits per heavy atom. The largest absolute Gasteiger partial charge is 0.381 e. The number of likely N-dealkylation sites (tertiary alicyclic amines) is 1. The van der Waals surface area contributed by atoms with Crippen molar-refractivity contribution in [2.45, 2.75) is 75.6 Å². The van der Waals surface area contributed by atoms with E-state index < -0.39 is 0 Å². The van der Waals surface area contributed by atoms with E-state index in [9.17, 15) is 0 Å². The summed E-state index contributed by atoms with van der Waals surface area (Å²) in [6, 6.07) is 2.45. The van der Waals surface area contributed by atoms with Crippen molar-refractivity contribution < 1.29 is 4.74 Å². The molecule has 2 atom stereocenters. The van der Waals surface area contributed by atoms with Crippen LogP contribution in [0.4, 0.5) is 0 Å². The van der Waals surface area contributed by atoms with E-state index in [4.69, 9.17) is 4.74 Å². The molecule has 104 valence electrons. The third kappa shape index (κ3) is 2.59. The molecule has 3 nitrogen and oxygen atoms in total. The van der Waals surface area contributed by atoms with Crippen LogP contribution in [0.15, 0.2) is 0 Å². The molecule has 0 amide bonds. The van der Waals surface area contributed by atoms with E-state index >= 15 is 0 Å². The minimum absolute atomic E-state index is 0.534. The predicted octanol–water partition coefficient (Wildman–Crippen LogP) is 2.16. The molecule has 2 unspecified atom stereocenters. The Kier molecular flexibility index (Phi) is 4.22. The Bertz CT molecular complexity index is 257. The van der Waals surface area contributed by atoms with Gasteiger partial charge in [0, 0.05) is 25.2 Å². The summed E-state index contributed by atoms with van der Waals surface area (Å²) in [4.78, 5) is 2.84. The standard InChI is InChI=1S/C15H28N2O/c1-18-13-8-6-12(7-9-13)17-11-3-5-15(17)14-4-2-10-16-14/h12-16H,2-11H2,1H3. The monoisotopic (exact) mass is 252 g/mol. The van der Waals surface area contributed by atoms with Crippen LogP contribution in [-0.4, -0.2) is 49.3 Å². The molecule has 0 aromatic heterocycles. The second-order valence-corrected chi connectivity index (χ2v) is 6.32. The van der Waals surface area contributed by atoms with Gasteiger partial charge in [-0.05, 0) is 64.5 Å². The molecule has 0 spiro atoms. The lowest BCUT2D eigenvalue weighted by Crippen LogP contribution is -2.49. The van der Waals surface area contributed by atoms with Gasteiger partial charge in [0.15, 0.2) is 0 Å². The van der Waals surface area contributed by atoms with Gasteiger partial charge in [0.1, 0.15) is 0 Å². The van der Waals surface area contributed by atoms with Gasteiger partial charge in [-0.3, -0.25) is 4.90 Å². The molecule has 3 heteroatoms. The molecular formula is C15H28N2O. The van der Waals surface area contributed by atoms with Crippen molar-refractivity contribution in [2.24, 2.45) is 0 Å². The van der Waals surface area contributed by atoms with E-state index in [0.717, 1.165) is 18.1 Å². The smallest absolute Gasteiger partial charge is 0.0572 e. The van der Waals surface area contributed by atoms with Gasteiger partial charge < -0.3 is 10.1 Å². The van der Waals surface area contributed by atoms with Crippen LogP contribution in [0.1, 0.15) is 51.4 Å². The Hall–Kier alpha value is -0.120. The Morgan fingerprint density at radius 2 is 1.83 bits per heavy atom. The normalized spacial score (nSPS) is 42.5. The number of methoxy groups -OCH3 is 1. The highest BCUT2D eigenvalue weighted by atomic mass is 16.5. The maximum Gasteiger partial charge on any atom is 0.0572 e. The van der Waals surface area contributed by atoms with Gasteiger partial charge >= 0.3 is 0 Å². The van der Waals surface area contributed by atoms with E-state index in [1.807, 2.05) is 7.11 Å². The van der Waals surface area contributed by atoms with Crippen LogP contribution in [0.5, 0.6) is 0 Å². The average Bonchev–Trinajstić information content (AvgIpc) is 3.09. The van der Waals surface area contributed by atoms with Crippen molar-refractivity contribution in [2.75, 3.05) is 20.2 Å². The van der Waals surface area contributed by atoms with Gasteiger partial charge in [-0.1, -0.05) is 0 Å². The molecule has 1 aliphatic carbocycles. The first-order valence-corrected chi connectivity index (χ1v) is 7.90. The van der Waals surface area contributed by atoms with Gasteiger partial charge in [-0.15, -0.1) is 0 Å². The summed E-state index contributed by atoms with van der Waals surface area (Å²) < 4.78 is 5.50. The molecule has 1 saturated carbocycles. The molecule has 3 rings (SSSR count). The first-order valence-electron chi connectivity index (χ1n) is 7.90. The molecule has 0 bridgehead atoms. The molecule has 3 fully saturated rings. The van der Waals surface area contributed by atoms with Crippen molar-refractivity contribution in [3.8, 4) is 0 Å². The second kappa shape index (κ2) is 5.89. The zero-order chi connectivity index (χ0) is 12.4. The summed E-state index contributed by atoms with van der Waals surface area (Å²) in [7, 11) is 1.87. The summed E-state index contributed by atoms with van der Waals surface area (Å²) >= 11 is 0. The highest BCUT2D eigenvalue weighted by molar-refractivity contribution is 4.95. The lowest BCUT2D eigenvalue weighted by atomic mass is 9.90. The molecule has 0 aromatic carbocycles. The fraction of sp³-hybridized carbons (Fsp3) is 1.00. The summed E-state index contributed by atoms with van der Waals surface area (Å²) in [5.41, 5.74) is 0. The Balaban J connectivity index is 1.57. The van der Waals surface area contributed by atoms with Crippen LogP contribution in [0.2, 0.25) is 0 Å². The number of ether oxygens (including phenoxy) is 1. The van der Waals surface area contributed by atoms with Gasteiger partial charge in [0.2, 0.25) is 0 Å². The molecule has 1 N–H and O–H groups in total. The molecule has 2 heterocycles. The topological polar surface area (TPSA) is 24.5 Å². The van der Waals surface area contributed by atoms with Crippen LogP contribution in [-0.2, 0) is 4.74 Å². The van der Waals surface area contributed by atoms with Crippen molar-refractivity contribution in [1.82, 2.24) is 10.2 Å². The summed E-state index contributed by atoms with van der Waals surface area (Å²) in [5.74, 6) is 0. The predicted molar refractivity (Wildman–Crippen MR) is 73.8 cm³/mol. The van der Waals surface area contributed by atoms with Crippen LogP contribution in [0.25, 0.3) is 0 Å². The fourth-order valence-corrected chi connectivity index (χ4v) is 4.35. The van der Waals surface area contributed by atoms with E-state index in [1.165, 1.54) is 64.5 Å². The molecule has 0 radical (unpaired) electrons. The third-order valence-corrected chi connectivity index (χ3v) is 5.35. The SMILES string of the molecule is COC1CCC(N2CCCC2C2CCCN2)CC1. The highest BCUT2D eigenvalue weighted by Crippen LogP contribution is 2.32. The number of rotatable bonds is 3. The summed E-state index contributed by atoms with van der Waals surface area (Å²) in [5, 5.41) is 3.72. The number of hydrogen-bond donors (Lipinski definition) is 1. The second-order valence-electron chi connectivity index (χ2n) is 6.32. The van der Waals surface area contributed by atoms with Gasteiger partial charge in [0.05, 0.1) is 6.10 Å². The zero-order valence-corrected chi connectivity index (χ0v) is 11.7. The zero-order valence-electron chi connectivity index (χ0n) is 11.7. The van der Waals surface area contributed by atoms with E-state index in [-0.39, 0.29) is 0 Å². The molecule has 0 aromatic rings. The fourth-order valence-electron chi connectivity index (χ4n) is 4.35. The molecule has 2 aliphatic heterocycles. The lowest BCUT2D eigenvalue weighted by molar-refractivity contribution is 0.0317. The average molecular weight is 252 g/mol. The number of nitrogens with zero attached hydrogens (tertiary/aromatic N) is 1. The van der Waals surface area contributed by atoms with Gasteiger partial charge in [-0.25, -0.2) is 0 Å². The summed E-state index contributed by atoms with van der Waals surface area (Å²) in [6.45, 7) is 2.58. The third-order valence-electron chi connectivity index (χ3n) is 5.35. The van der Waals surface area contributed by atoms with E-state index in [1.54, 1.807) is 0 Å². The molecule has 3 aliphatic rings. The molecular weight excluding hydrogens is 224 g/mol. The lowest BCUT2D eigenvalue weighted by Gasteiger charge is -2.39. The molecule has 2 saturated heterocycles. The van der Waals surface area contributed by atoms with Crippen LogP contribution < -0.4 is 5.32 Å². The van der Waals surface area contributed by atoms with Gasteiger partial charge in [0.25, 0.3) is 0 Å². The van der Waals surface area contributed by atoms with Crippen LogP contribution >= 0.6 is 0 Å². The number of nitrogens with one attached hydrogen (secondary N) is 1. The van der Waals surface area contributed by atoms with Crippen LogP contribution in [0, 0.1) is 0 Å². The minimum Gasteiger partial charge on any atom is -0.381 e.